The zero-order chi connectivity index (χ0) is 22.5. The molecule has 0 aliphatic carbocycles. The van der Waals surface area contributed by atoms with Gasteiger partial charge in [-0.05, 0) is 42.4 Å². The summed E-state index contributed by atoms with van der Waals surface area (Å²) in [7, 11) is 1.64. The minimum absolute atomic E-state index is 0.0596. The summed E-state index contributed by atoms with van der Waals surface area (Å²) < 4.78 is 15.5. The lowest BCUT2D eigenvalue weighted by atomic mass is 10.2. The Morgan fingerprint density at radius 1 is 1.06 bits per heavy atom. The van der Waals surface area contributed by atoms with E-state index in [0.717, 1.165) is 16.9 Å². The Bertz CT molecular complexity index is 1230. The predicted molar refractivity (Wildman–Crippen MR) is 123 cm³/mol. The predicted octanol–water partition coefficient (Wildman–Crippen LogP) is 3.74. The summed E-state index contributed by atoms with van der Waals surface area (Å²) in [6, 6.07) is 17.7. The van der Waals surface area contributed by atoms with E-state index in [-0.39, 0.29) is 6.61 Å². The second-order valence-electron chi connectivity index (χ2n) is 7.27. The molecule has 0 aliphatic heterocycles. The van der Waals surface area contributed by atoms with E-state index in [1.54, 1.807) is 11.8 Å². The van der Waals surface area contributed by atoms with Crippen molar-refractivity contribution in [2.75, 3.05) is 13.7 Å². The summed E-state index contributed by atoms with van der Waals surface area (Å²) in [6.07, 6.45) is 0. The molecule has 0 saturated carbocycles. The lowest BCUT2D eigenvalue weighted by molar-refractivity contribution is 0.269. The summed E-state index contributed by atoms with van der Waals surface area (Å²) in [6.45, 7) is 3.04. The third-order valence-corrected chi connectivity index (χ3v) is 5.39. The standard InChI is InChI=1S/C23H25N5O3S/c1-16-21(31-15-18-6-4-3-5-7-18)20(28(26-16)12-13-29)22-24-25-23(32)27(22)14-17-8-10-19(30-2)11-9-17/h3-11,29H,12-15H2,1-2H3,(H,25,32). The number of aliphatic hydroxyl groups excluding tert-OH is 1. The fourth-order valence-corrected chi connectivity index (χ4v) is 3.70. The van der Waals surface area contributed by atoms with Crippen LogP contribution in [0.1, 0.15) is 16.8 Å². The smallest absolute Gasteiger partial charge is 0.195 e. The molecule has 166 valence electrons. The Balaban J connectivity index is 1.72. The molecule has 0 atom stereocenters. The van der Waals surface area contributed by atoms with Crippen molar-refractivity contribution in [2.45, 2.75) is 26.6 Å². The van der Waals surface area contributed by atoms with Gasteiger partial charge in [0.05, 0.1) is 26.8 Å². The summed E-state index contributed by atoms with van der Waals surface area (Å²) in [4.78, 5) is 0. The van der Waals surface area contributed by atoms with Crippen LogP contribution in [0.25, 0.3) is 11.5 Å². The fourth-order valence-electron chi connectivity index (χ4n) is 3.50. The van der Waals surface area contributed by atoms with E-state index < -0.39 is 0 Å². The molecule has 2 aromatic carbocycles. The average Bonchev–Trinajstić information content (AvgIpc) is 3.32. The Labute approximate surface area is 191 Å². The van der Waals surface area contributed by atoms with Crippen molar-refractivity contribution in [3.05, 3.63) is 76.2 Å². The van der Waals surface area contributed by atoms with Crippen LogP contribution in [-0.2, 0) is 19.7 Å². The summed E-state index contributed by atoms with van der Waals surface area (Å²) in [5.41, 5.74) is 3.48. The monoisotopic (exact) mass is 451 g/mol. The SMILES string of the molecule is COc1ccc(Cn2c(-c3c(OCc4ccccc4)c(C)nn3CCO)n[nH]c2=S)cc1. The Hall–Kier alpha value is -3.43. The third kappa shape index (κ3) is 4.58. The van der Waals surface area contributed by atoms with Crippen LogP contribution in [-0.4, -0.2) is 43.4 Å². The number of aromatic amines is 1. The molecule has 0 unspecified atom stereocenters. The quantitative estimate of drug-likeness (QED) is 0.377. The second kappa shape index (κ2) is 9.80. The number of ether oxygens (including phenoxy) is 2. The topological polar surface area (TPSA) is 90.1 Å². The zero-order valence-corrected chi connectivity index (χ0v) is 18.8. The first-order valence-corrected chi connectivity index (χ1v) is 10.6. The van der Waals surface area contributed by atoms with Crippen LogP contribution in [0.4, 0.5) is 0 Å². The largest absolute Gasteiger partial charge is 0.497 e. The number of nitrogens with one attached hydrogen (secondary N) is 1. The molecule has 0 saturated heterocycles. The van der Waals surface area contributed by atoms with Crippen molar-refractivity contribution in [3.8, 4) is 23.0 Å². The molecular weight excluding hydrogens is 426 g/mol. The molecule has 4 aromatic rings. The van der Waals surface area contributed by atoms with Gasteiger partial charge in [0.15, 0.2) is 16.3 Å². The highest BCUT2D eigenvalue weighted by molar-refractivity contribution is 7.71. The van der Waals surface area contributed by atoms with E-state index in [1.807, 2.05) is 66.1 Å². The van der Waals surface area contributed by atoms with Gasteiger partial charge in [-0.25, -0.2) is 0 Å². The maximum atomic E-state index is 9.59. The van der Waals surface area contributed by atoms with Gasteiger partial charge in [-0.3, -0.25) is 14.3 Å². The number of aromatic nitrogens is 5. The van der Waals surface area contributed by atoms with Gasteiger partial charge in [0.2, 0.25) is 0 Å². The molecule has 0 fully saturated rings. The van der Waals surface area contributed by atoms with E-state index in [1.165, 1.54) is 0 Å². The normalized spacial score (nSPS) is 11.0. The number of methoxy groups -OCH3 is 1. The molecule has 8 nitrogen and oxygen atoms in total. The van der Waals surface area contributed by atoms with Gasteiger partial charge in [-0.1, -0.05) is 42.5 Å². The van der Waals surface area contributed by atoms with E-state index in [4.69, 9.17) is 21.7 Å². The summed E-state index contributed by atoms with van der Waals surface area (Å²) >= 11 is 5.52. The Kier molecular flexibility index (Phi) is 6.67. The first kappa shape index (κ1) is 21.8. The molecule has 32 heavy (non-hydrogen) atoms. The summed E-state index contributed by atoms with van der Waals surface area (Å²) in [5.74, 6) is 2.01. The van der Waals surface area contributed by atoms with Crippen molar-refractivity contribution in [1.82, 2.24) is 24.5 Å². The van der Waals surface area contributed by atoms with Gasteiger partial charge in [0, 0.05) is 0 Å². The molecule has 0 spiro atoms. The maximum Gasteiger partial charge on any atom is 0.195 e. The number of aryl methyl sites for hydroxylation is 1. The lowest BCUT2D eigenvalue weighted by Gasteiger charge is -2.12. The number of benzene rings is 2. The van der Waals surface area contributed by atoms with Crippen molar-refractivity contribution in [2.24, 2.45) is 0 Å². The van der Waals surface area contributed by atoms with Gasteiger partial charge < -0.3 is 14.6 Å². The molecule has 0 aliphatic rings. The Morgan fingerprint density at radius 3 is 2.50 bits per heavy atom. The van der Waals surface area contributed by atoms with Gasteiger partial charge in [-0.15, -0.1) is 0 Å². The van der Waals surface area contributed by atoms with Gasteiger partial charge in [-0.2, -0.15) is 10.2 Å². The number of aliphatic hydroxyl groups is 1. The van der Waals surface area contributed by atoms with Crippen molar-refractivity contribution >= 4 is 12.2 Å². The second-order valence-corrected chi connectivity index (χ2v) is 7.66. The van der Waals surface area contributed by atoms with Crippen LogP contribution in [0.3, 0.4) is 0 Å². The molecule has 9 heteroatoms. The number of rotatable bonds is 9. The first-order chi connectivity index (χ1) is 15.6. The van der Waals surface area contributed by atoms with Crippen molar-refractivity contribution in [1.29, 1.82) is 0 Å². The van der Waals surface area contributed by atoms with Crippen LogP contribution in [0.2, 0.25) is 0 Å². The highest BCUT2D eigenvalue weighted by Gasteiger charge is 2.23. The molecule has 2 aromatic heterocycles. The third-order valence-electron chi connectivity index (χ3n) is 5.08. The van der Waals surface area contributed by atoms with E-state index in [2.05, 4.69) is 15.3 Å². The fraction of sp³-hybridized carbons (Fsp3) is 0.261. The minimum Gasteiger partial charge on any atom is -0.497 e. The molecule has 0 amide bonds. The van der Waals surface area contributed by atoms with E-state index in [0.29, 0.717) is 47.4 Å². The van der Waals surface area contributed by atoms with Crippen LogP contribution in [0.15, 0.2) is 54.6 Å². The van der Waals surface area contributed by atoms with Crippen LogP contribution < -0.4 is 9.47 Å². The van der Waals surface area contributed by atoms with Crippen molar-refractivity contribution in [3.63, 3.8) is 0 Å². The van der Waals surface area contributed by atoms with Gasteiger partial charge in [0.25, 0.3) is 0 Å². The highest BCUT2D eigenvalue weighted by atomic mass is 32.1. The average molecular weight is 452 g/mol. The van der Waals surface area contributed by atoms with Gasteiger partial charge in [0.1, 0.15) is 23.7 Å². The minimum atomic E-state index is -0.0596. The molecule has 0 bridgehead atoms. The van der Waals surface area contributed by atoms with Crippen LogP contribution >= 0.6 is 12.2 Å². The molecular formula is C23H25N5O3S. The number of nitrogens with zero attached hydrogens (tertiary/aromatic N) is 4. The number of hydrogen-bond donors (Lipinski definition) is 2. The zero-order valence-electron chi connectivity index (χ0n) is 18.0. The molecule has 2 N–H and O–H groups in total. The van der Waals surface area contributed by atoms with Crippen LogP contribution in [0, 0.1) is 11.7 Å². The van der Waals surface area contributed by atoms with Crippen LogP contribution in [0.5, 0.6) is 11.5 Å². The maximum absolute atomic E-state index is 9.59. The Morgan fingerprint density at radius 2 is 1.81 bits per heavy atom. The lowest BCUT2D eigenvalue weighted by Crippen LogP contribution is -2.10. The first-order valence-electron chi connectivity index (χ1n) is 10.2. The van der Waals surface area contributed by atoms with E-state index >= 15 is 0 Å². The highest BCUT2D eigenvalue weighted by Crippen LogP contribution is 2.33. The number of hydrogen-bond acceptors (Lipinski definition) is 6. The number of H-pyrrole nitrogens is 1. The molecule has 0 radical (unpaired) electrons. The van der Waals surface area contributed by atoms with Crippen molar-refractivity contribution < 1.29 is 14.6 Å². The van der Waals surface area contributed by atoms with E-state index in [9.17, 15) is 5.11 Å². The molecule has 4 rings (SSSR count). The summed E-state index contributed by atoms with van der Waals surface area (Å²) in [5, 5.41) is 21.5. The molecule has 2 heterocycles. The van der Waals surface area contributed by atoms with Gasteiger partial charge >= 0.3 is 0 Å².